The Kier molecular flexibility index (Phi) is 4.24. The first-order valence-corrected chi connectivity index (χ1v) is 4.68. The minimum Gasteiger partial charge on any atom is -0.416 e. The van der Waals surface area contributed by atoms with Crippen molar-refractivity contribution in [1.29, 1.82) is 0 Å². The Morgan fingerprint density at radius 2 is 2.33 bits per heavy atom. The van der Waals surface area contributed by atoms with Gasteiger partial charge in [0.2, 0.25) is 5.89 Å². The van der Waals surface area contributed by atoms with Gasteiger partial charge in [0, 0.05) is 35.6 Å². The third-order valence-corrected chi connectivity index (χ3v) is 1.65. The number of hydrogen-bond donors (Lipinski definition) is 0. The Morgan fingerprint density at radius 1 is 1.50 bits per heavy atom. The zero-order valence-corrected chi connectivity index (χ0v) is 8.50. The van der Waals surface area contributed by atoms with E-state index in [1.165, 1.54) is 0 Å². The number of aromatic nitrogens is 2. The largest absolute Gasteiger partial charge is 0.416 e. The highest BCUT2D eigenvalue weighted by Crippen LogP contribution is 2.07. The van der Waals surface area contributed by atoms with Gasteiger partial charge in [0.25, 0.3) is 4.80 Å². The monoisotopic (exact) mass is 234 g/mol. The third-order valence-electron chi connectivity index (χ3n) is 1.33. The number of rotatable bonds is 5. The Bertz CT molecular complexity index is 227. The summed E-state index contributed by atoms with van der Waals surface area (Å²) >= 11 is 3.08. The standard InChI is InChI=1S/C7H11BrN2O2/c1-2-11-5-3-4-6-9-10-7(8)12-6/h2-5H2,1H3. The smallest absolute Gasteiger partial charge is 0.284 e. The minimum atomic E-state index is 0.439. The molecule has 1 rings (SSSR count). The predicted octanol–water partition coefficient (Wildman–Crippen LogP) is 1.80. The maximum Gasteiger partial charge on any atom is 0.284 e. The van der Waals surface area contributed by atoms with E-state index in [1.807, 2.05) is 6.92 Å². The van der Waals surface area contributed by atoms with Gasteiger partial charge in [0.05, 0.1) is 0 Å². The lowest BCUT2D eigenvalue weighted by molar-refractivity contribution is 0.143. The molecule has 1 heterocycles. The van der Waals surface area contributed by atoms with Crippen molar-refractivity contribution in [3.05, 3.63) is 10.7 Å². The average molecular weight is 235 g/mol. The van der Waals surface area contributed by atoms with E-state index >= 15 is 0 Å². The second kappa shape index (κ2) is 5.27. The van der Waals surface area contributed by atoms with E-state index in [1.54, 1.807) is 0 Å². The van der Waals surface area contributed by atoms with Crippen LogP contribution in [0.4, 0.5) is 0 Å². The number of aryl methyl sites for hydroxylation is 1. The van der Waals surface area contributed by atoms with Gasteiger partial charge in [-0.2, -0.15) is 0 Å². The van der Waals surface area contributed by atoms with Gasteiger partial charge in [0.15, 0.2) is 0 Å². The summed E-state index contributed by atoms with van der Waals surface area (Å²) in [4.78, 5) is 0.439. The lowest BCUT2D eigenvalue weighted by Gasteiger charge is -1.96. The van der Waals surface area contributed by atoms with E-state index in [-0.39, 0.29) is 0 Å². The summed E-state index contributed by atoms with van der Waals surface area (Å²) in [6.07, 6.45) is 1.70. The topological polar surface area (TPSA) is 48.2 Å². The lowest BCUT2D eigenvalue weighted by Crippen LogP contribution is -1.95. The number of nitrogens with zero attached hydrogens (tertiary/aromatic N) is 2. The van der Waals surface area contributed by atoms with E-state index in [0.717, 1.165) is 26.1 Å². The Balaban J connectivity index is 2.15. The molecule has 0 amide bonds. The first kappa shape index (κ1) is 9.67. The third kappa shape index (κ3) is 3.32. The summed E-state index contributed by atoms with van der Waals surface area (Å²) in [5.74, 6) is 0.654. The van der Waals surface area contributed by atoms with Crippen LogP contribution < -0.4 is 0 Å². The zero-order chi connectivity index (χ0) is 8.81. The van der Waals surface area contributed by atoms with Gasteiger partial charge in [-0.1, -0.05) is 0 Å². The molecule has 68 valence electrons. The van der Waals surface area contributed by atoms with Crippen molar-refractivity contribution >= 4 is 15.9 Å². The van der Waals surface area contributed by atoms with Crippen molar-refractivity contribution in [2.75, 3.05) is 13.2 Å². The van der Waals surface area contributed by atoms with Crippen molar-refractivity contribution < 1.29 is 9.15 Å². The molecule has 4 nitrogen and oxygen atoms in total. The molecule has 0 radical (unpaired) electrons. The fourth-order valence-electron chi connectivity index (χ4n) is 0.804. The van der Waals surface area contributed by atoms with Crippen LogP contribution in [-0.4, -0.2) is 23.4 Å². The number of ether oxygens (including phenoxy) is 1. The van der Waals surface area contributed by atoms with Gasteiger partial charge >= 0.3 is 0 Å². The predicted molar refractivity (Wildman–Crippen MR) is 46.8 cm³/mol. The average Bonchev–Trinajstić information content (AvgIpc) is 2.45. The number of hydrogen-bond acceptors (Lipinski definition) is 4. The Labute approximate surface area is 79.4 Å². The maximum atomic E-state index is 5.16. The van der Waals surface area contributed by atoms with Crippen LogP contribution in [0.5, 0.6) is 0 Å². The molecule has 0 N–H and O–H groups in total. The lowest BCUT2D eigenvalue weighted by atomic mass is 10.3. The molecule has 0 unspecified atom stereocenters. The van der Waals surface area contributed by atoms with Gasteiger partial charge in [-0.05, 0) is 13.3 Å². The molecular formula is C7H11BrN2O2. The molecule has 0 saturated heterocycles. The normalized spacial score (nSPS) is 10.5. The maximum absolute atomic E-state index is 5.16. The molecule has 1 aromatic rings. The first-order valence-electron chi connectivity index (χ1n) is 3.88. The van der Waals surface area contributed by atoms with Crippen LogP contribution in [0.3, 0.4) is 0 Å². The first-order chi connectivity index (χ1) is 5.83. The SMILES string of the molecule is CCOCCCc1nnc(Br)o1. The van der Waals surface area contributed by atoms with Crippen LogP contribution in [0.15, 0.2) is 9.22 Å². The van der Waals surface area contributed by atoms with E-state index < -0.39 is 0 Å². The summed E-state index contributed by atoms with van der Waals surface area (Å²) in [7, 11) is 0. The Hall–Kier alpha value is -0.420. The van der Waals surface area contributed by atoms with Crippen molar-refractivity contribution in [2.45, 2.75) is 19.8 Å². The summed E-state index contributed by atoms with van der Waals surface area (Å²) in [6, 6.07) is 0. The van der Waals surface area contributed by atoms with E-state index in [9.17, 15) is 0 Å². The van der Waals surface area contributed by atoms with Crippen molar-refractivity contribution in [3.8, 4) is 0 Å². The van der Waals surface area contributed by atoms with Crippen LogP contribution in [0.2, 0.25) is 0 Å². The van der Waals surface area contributed by atoms with Crippen LogP contribution in [-0.2, 0) is 11.2 Å². The fourth-order valence-corrected chi connectivity index (χ4v) is 1.07. The molecule has 0 saturated carbocycles. The highest BCUT2D eigenvalue weighted by Gasteiger charge is 2.01. The van der Waals surface area contributed by atoms with Crippen molar-refractivity contribution in [2.24, 2.45) is 0 Å². The van der Waals surface area contributed by atoms with Gasteiger partial charge in [-0.25, -0.2) is 0 Å². The van der Waals surface area contributed by atoms with Gasteiger partial charge in [-0.3, -0.25) is 0 Å². The van der Waals surface area contributed by atoms with Gasteiger partial charge in [-0.15, -0.1) is 10.2 Å². The summed E-state index contributed by atoms with van der Waals surface area (Å²) in [5, 5.41) is 7.47. The van der Waals surface area contributed by atoms with E-state index in [2.05, 4.69) is 26.1 Å². The molecule has 0 aliphatic rings. The molecule has 0 atom stereocenters. The van der Waals surface area contributed by atoms with Crippen LogP contribution in [0.25, 0.3) is 0 Å². The molecule has 1 aromatic heterocycles. The molecule has 0 bridgehead atoms. The van der Waals surface area contributed by atoms with Crippen LogP contribution in [0.1, 0.15) is 19.2 Å². The molecule has 0 spiro atoms. The molecule has 12 heavy (non-hydrogen) atoms. The highest BCUT2D eigenvalue weighted by atomic mass is 79.9. The molecular weight excluding hydrogens is 224 g/mol. The molecule has 5 heteroatoms. The summed E-state index contributed by atoms with van der Waals surface area (Å²) < 4.78 is 10.3. The zero-order valence-electron chi connectivity index (χ0n) is 6.92. The molecule has 0 aromatic carbocycles. The Morgan fingerprint density at radius 3 is 2.92 bits per heavy atom. The van der Waals surface area contributed by atoms with Crippen LogP contribution in [0, 0.1) is 0 Å². The quantitative estimate of drug-likeness (QED) is 0.730. The van der Waals surface area contributed by atoms with Gasteiger partial charge < -0.3 is 9.15 Å². The number of halogens is 1. The van der Waals surface area contributed by atoms with Gasteiger partial charge in [0.1, 0.15) is 0 Å². The summed E-state index contributed by atoms with van der Waals surface area (Å²) in [5.41, 5.74) is 0. The van der Waals surface area contributed by atoms with Crippen molar-refractivity contribution in [1.82, 2.24) is 10.2 Å². The summed E-state index contributed by atoms with van der Waals surface area (Å²) in [6.45, 7) is 3.48. The molecule has 0 fully saturated rings. The van der Waals surface area contributed by atoms with Crippen LogP contribution >= 0.6 is 15.9 Å². The fraction of sp³-hybridized carbons (Fsp3) is 0.714. The highest BCUT2D eigenvalue weighted by molar-refractivity contribution is 9.10. The molecule has 0 aliphatic heterocycles. The second-order valence-electron chi connectivity index (χ2n) is 2.25. The minimum absolute atomic E-state index is 0.439. The van der Waals surface area contributed by atoms with E-state index in [0.29, 0.717) is 10.7 Å². The van der Waals surface area contributed by atoms with E-state index in [4.69, 9.17) is 9.15 Å². The second-order valence-corrected chi connectivity index (χ2v) is 2.93. The molecule has 0 aliphatic carbocycles. The van der Waals surface area contributed by atoms with Crippen molar-refractivity contribution in [3.63, 3.8) is 0 Å².